The van der Waals surface area contributed by atoms with Crippen molar-refractivity contribution in [3.63, 3.8) is 0 Å². The number of anilines is 5. The molecule has 34 heavy (non-hydrogen) atoms. The summed E-state index contributed by atoms with van der Waals surface area (Å²) < 4.78 is 19.1. The summed E-state index contributed by atoms with van der Waals surface area (Å²) in [5, 5.41) is 17.0. The molecule has 1 aliphatic rings. The number of nitrogens with two attached hydrogens (primary N) is 1. The van der Waals surface area contributed by atoms with Gasteiger partial charge in [0.1, 0.15) is 5.82 Å². The predicted octanol–water partition coefficient (Wildman–Crippen LogP) is 1.86. The number of ether oxygens (including phenoxy) is 1. The molecule has 3 aromatic rings. The van der Waals surface area contributed by atoms with E-state index in [1.54, 1.807) is 49.6 Å². The Labute approximate surface area is 257 Å². The predicted molar refractivity (Wildman–Crippen MR) is 130 cm³/mol. The molecule has 0 saturated carbocycles. The first kappa shape index (κ1) is 28.4. The van der Waals surface area contributed by atoms with Gasteiger partial charge in [-0.05, 0) is 60.7 Å². The normalized spacial score (nSPS) is 14.5. The number of rotatable bonds is 6. The van der Waals surface area contributed by atoms with Crippen LogP contribution in [0.3, 0.4) is 0 Å². The minimum absolute atomic E-state index is 0. The molecule has 4 N–H and O–H groups in total. The Balaban J connectivity index is 0.00000204. The van der Waals surface area contributed by atoms with Crippen LogP contribution in [0.2, 0.25) is 0 Å². The number of nitrogen functional groups attached to an aromatic ring is 1. The van der Waals surface area contributed by atoms with Crippen LogP contribution in [-0.2, 0) is 4.74 Å². The fourth-order valence-electron chi connectivity index (χ4n) is 4.03. The van der Waals surface area contributed by atoms with Crippen LogP contribution in [-0.4, -0.2) is 43.6 Å². The van der Waals surface area contributed by atoms with Gasteiger partial charge in [0.25, 0.3) is 0 Å². The van der Waals surface area contributed by atoms with Crippen LogP contribution in [0.4, 0.5) is 32.8 Å². The van der Waals surface area contributed by atoms with Crippen molar-refractivity contribution in [3.8, 4) is 0 Å². The van der Waals surface area contributed by atoms with Crippen LogP contribution in [0.5, 0.6) is 0 Å². The van der Waals surface area contributed by atoms with E-state index in [2.05, 4.69) is 9.80 Å². The minimum Gasteiger partial charge on any atom is -0.478 e. The van der Waals surface area contributed by atoms with Gasteiger partial charge in [0.05, 0.1) is 29.6 Å². The molecule has 1 heterocycles. The summed E-state index contributed by atoms with van der Waals surface area (Å²) in [4.78, 5) is 15.4. The number of fused-ring (bicyclic) bond motifs is 1. The van der Waals surface area contributed by atoms with Crippen molar-refractivity contribution in [3.05, 3.63) is 85.0 Å². The van der Waals surface area contributed by atoms with Gasteiger partial charge in [-0.15, -0.1) is 0 Å². The Morgan fingerprint density at radius 2 is 1.76 bits per heavy atom. The Morgan fingerprint density at radius 3 is 2.32 bits per heavy atom. The molecule has 0 saturated heterocycles. The summed E-state index contributed by atoms with van der Waals surface area (Å²) in [5.74, 6) is -1.32. The molecular weight excluding hydrogens is 556 g/mol. The topological polar surface area (TPSA) is 103 Å². The summed E-state index contributed by atoms with van der Waals surface area (Å²) in [6.45, 7) is 0.916. The van der Waals surface area contributed by atoms with E-state index in [0.717, 1.165) is 22.7 Å². The molecule has 7 nitrogen and oxygen atoms in total. The number of nitrogens with one attached hydrogen (secondary N) is 1. The third kappa shape index (κ3) is 5.68. The molecule has 0 amide bonds. The van der Waals surface area contributed by atoms with Crippen molar-refractivity contribution in [2.75, 3.05) is 35.8 Å². The molecule has 1 atom stereocenters. The van der Waals surface area contributed by atoms with Crippen LogP contribution in [0.25, 0.3) is 0 Å². The molecule has 0 unspecified atom stereocenters. The number of methoxy groups -OCH3 is 1. The maximum Gasteiger partial charge on any atom is 1.00 e. The number of hydrogen-bond acceptors (Lipinski definition) is 6. The first-order chi connectivity index (χ1) is 15.4. The van der Waals surface area contributed by atoms with Crippen LogP contribution in [0, 0.1) is 18.7 Å². The van der Waals surface area contributed by atoms with Gasteiger partial charge in [-0.1, -0.05) is 0 Å². The van der Waals surface area contributed by atoms with E-state index in [9.17, 15) is 14.3 Å². The van der Waals surface area contributed by atoms with Crippen molar-refractivity contribution >= 4 is 40.6 Å². The third-order valence-electron chi connectivity index (χ3n) is 5.53. The van der Waals surface area contributed by atoms with E-state index in [0.29, 0.717) is 24.4 Å². The Morgan fingerprint density at radius 1 is 1.15 bits per heavy atom. The number of halogens is 1. The van der Waals surface area contributed by atoms with Crippen molar-refractivity contribution in [2.45, 2.75) is 6.04 Å². The van der Waals surface area contributed by atoms with Gasteiger partial charge < -0.3 is 38.2 Å². The van der Waals surface area contributed by atoms with Gasteiger partial charge in [0.2, 0.25) is 0 Å². The molecule has 0 radical (unpaired) electrons. The molecule has 3 aromatic carbocycles. The maximum atomic E-state index is 13.6. The van der Waals surface area contributed by atoms with Crippen molar-refractivity contribution in [1.82, 2.24) is 0 Å². The van der Waals surface area contributed by atoms with Gasteiger partial charge in [-0.2, -0.15) is 0 Å². The zero-order valence-corrected chi connectivity index (χ0v) is 25.7. The second-order valence-electron chi connectivity index (χ2n) is 7.53. The number of nitrogens with zero attached hydrogens (tertiary/aromatic N) is 2. The quantitative estimate of drug-likeness (QED) is 0.233. The van der Waals surface area contributed by atoms with E-state index in [1.807, 2.05) is 6.07 Å². The van der Waals surface area contributed by atoms with Gasteiger partial charge in [0, 0.05) is 42.5 Å². The van der Waals surface area contributed by atoms with Crippen LogP contribution in [0.15, 0.2) is 60.7 Å². The van der Waals surface area contributed by atoms with Crippen LogP contribution in [0.1, 0.15) is 15.9 Å². The first-order valence-corrected chi connectivity index (χ1v) is 10.0. The standard InChI is InChI=1S/C24H23FN4O3.CH3.Cs/c1-32-14-20-13-28(18-6-2-15(3-7-18)24(30)31)22-11-21(27)16(12-26)10-23(22)29(20)19-8-4-17(25)5-9-19;;/h2-12,20,26H,13-14,27H2,1H3,(H,30,31);1H3;/q;-1;+1/t20-;;/m0../s1. The molecule has 0 aliphatic carbocycles. The molecule has 172 valence electrons. The van der Waals surface area contributed by atoms with E-state index >= 15 is 0 Å². The Bertz CT molecular complexity index is 1160. The Hall–Kier alpha value is -1.86. The fraction of sp³-hybridized carbons (Fsp3) is 0.160. The Kier molecular flexibility index (Phi) is 10.2. The number of aromatic carboxylic acids is 1. The molecule has 0 aromatic heterocycles. The summed E-state index contributed by atoms with van der Waals surface area (Å²) in [7, 11) is 1.62. The molecule has 0 fully saturated rings. The second-order valence-corrected chi connectivity index (χ2v) is 7.53. The smallest absolute Gasteiger partial charge is 0.478 e. The van der Waals surface area contributed by atoms with Gasteiger partial charge in [-0.3, -0.25) is 0 Å². The van der Waals surface area contributed by atoms with Gasteiger partial charge in [0.15, 0.2) is 0 Å². The van der Waals surface area contributed by atoms with Gasteiger partial charge >= 0.3 is 74.9 Å². The monoisotopic (exact) mass is 582 g/mol. The number of carboxylic acid groups (broad SMARTS) is 1. The molecule has 1 aliphatic heterocycles. The van der Waals surface area contributed by atoms with Crippen LogP contribution < -0.4 is 84.4 Å². The fourth-order valence-corrected chi connectivity index (χ4v) is 4.03. The van der Waals surface area contributed by atoms with E-state index in [1.165, 1.54) is 18.3 Å². The number of carboxylic acids is 1. The number of benzene rings is 3. The summed E-state index contributed by atoms with van der Waals surface area (Å²) in [6.07, 6.45) is 1.20. The number of carbonyl (C=O) groups is 1. The molecule has 0 bridgehead atoms. The van der Waals surface area contributed by atoms with E-state index in [4.69, 9.17) is 15.9 Å². The van der Waals surface area contributed by atoms with E-state index in [-0.39, 0.29) is 93.7 Å². The van der Waals surface area contributed by atoms with E-state index < -0.39 is 5.97 Å². The molecule has 9 heteroatoms. The first-order valence-electron chi connectivity index (χ1n) is 10.0. The average molecular weight is 582 g/mol. The summed E-state index contributed by atoms with van der Waals surface area (Å²) in [5.41, 5.74) is 10.6. The molecule has 0 spiro atoms. The van der Waals surface area contributed by atoms with Crippen LogP contribution >= 0.6 is 0 Å². The zero-order valence-electron chi connectivity index (χ0n) is 19.5. The van der Waals surface area contributed by atoms with Gasteiger partial charge in [-0.25, -0.2) is 9.18 Å². The second kappa shape index (κ2) is 12.2. The average Bonchev–Trinajstić information content (AvgIpc) is 2.79. The van der Waals surface area contributed by atoms with Crippen molar-refractivity contribution < 1.29 is 87.9 Å². The number of hydrogen-bond donors (Lipinski definition) is 3. The minimum atomic E-state index is -0.991. The zero-order chi connectivity index (χ0) is 22.8. The largest absolute Gasteiger partial charge is 1.00 e. The molecular formula is C25H26CsFN4O3. The summed E-state index contributed by atoms with van der Waals surface area (Å²) in [6, 6.07) is 16.4. The van der Waals surface area contributed by atoms with Crippen molar-refractivity contribution in [2.24, 2.45) is 0 Å². The SMILES string of the molecule is COC[C@@H]1CN(c2ccc(C(=O)O)cc2)c2cc(N)c(C=N)cc2N1c1ccc(F)cc1.[CH3-].[Cs+]. The van der Waals surface area contributed by atoms with Crippen molar-refractivity contribution in [1.29, 1.82) is 5.41 Å². The third-order valence-corrected chi connectivity index (χ3v) is 5.53. The molecule has 4 rings (SSSR count). The maximum absolute atomic E-state index is 13.6. The summed E-state index contributed by atoms with van der Waals surface area (Å²) >= 11 is 0.